The molecule has 2 rings (SSSR count). The van der Waals surface area contributed by atoms with E-state index in [1.165, 1.54) is 15.9 Å². The highest BCUT2D eigenvalue weighted by atomic mass is 79.9. The van der Waals surface area contributed by atoms with Crippen LogP contribution < -0.4 is 15.4 Å². The lowest BCUT2D eigenvalue weighted by Gasteiger charge is -2.10. The summed E-state index contributed by atoms with van der Waals surface area (Å²) in [5.41, 5.74) is 1.64. The van der Waals surface area contributed by atoms with Gasteiger partial charge in [-0.15, -0.1) is 11.3 Å². The van der Waals surface area contributed by atoms with E-state index in [4.69, 9.17) is 5.41 Å². The number of aromatic nitrogens is 1. The zero-order valence-electron chi connectivity index (χ0n) is 11.9. The van der Waals surface area contributed by atoms with Crippen LogP contribution in [0.2, 0.25) is 0 Å². The number of carbonyl (C=O) groups excluding carboxylic acids is 2. The van der Waals surface area contributed by atoms with E-state index in [0.717, 1.165) is 10.0 Å². The van der Waals surface area contributed by atoms with Crippen molar-refractivity contribution in [2.24, 2.45) is 0 Å². The molecule has 0 radical (unpaired) electrons. The Kier molecular flexibility index (Phi) is 5.51. The summed E-state index contributed by atoms with van der Waals surface area (Å²) < 4.78 is 2.45. The third-order valence-electron chi connectivity index (χ3n) is 2.90. The molecule has 0 saturated heterocycles. The van der Waals surface area contributed by atoms with E-state index in [-0.39, 0.29) is 24.9 Å². The quantitative estimate of drug-likeness (QED) is 0.736. The van der Waals surface area contributed by atoms with Crippen LogP contribution in [-0.2, 0) is 16.1 Å². The Balaban J connectivity index is 1.83. The maximum atomic E-state index is 11.8. The molecule has 6 nitrogen and oxygen atoms in total. The molecule has 8 heteroatoms. The lowest BCUT2D eigenvalue weighted by atomic mass is 10.2. The number of hydrogen-bond acceptors (Lipinski definition) is 4. The van der Waals surface area contributed by atoms with Crippen LogP contribution in [0.5, 0.6) is 0 Å². The van der Waals surface area contributed by atoms with Gasteiger partial charge in [-0.2, -0.15) is 0 Å². The Morgan fingerprint density at radius 3 is 2.77 bits per heavy atom. The van der Waals surface area contributed by atoms with Gasteiger partial charge in [0.1, 0.15) is 6.54 Å². The summed E-state index contributed by atoms with van der Waals surface area (Å²) in [6.07, 6.45) is 1.66. The minimum Gasteiger partial charge on any atom is -0.345 e. The van der Waals surface area contributed by atoms with Crippen molar-refractivity contribution in [3.05, 3.63) is 44.6 Å². The molecular formula is C14H15BrN4O2S. The average molecular weight is 383 g/mol. The van der Waals surface area contributed by atoms with E-state index >= 15 is 0 Å². The summed E-state index contributed by atoms with van der Waals surface area (Å²) in [7, 11) is 0. The van der Waals surface area contributed by atoms with Gasteiger partial charge in [-0.05, 0) is 30.7 Å². The van der Waals surface area contributed by atoms with Gasteiger partial charge in [0, 0.05) is 21.7 Å². The molecule has 2 aromatic rings. The van der Waals surface area contributed by atoms with E-state index in [1.54, 1.807) is 17.6 Å². The molecule has 2 amide bonds. The third kappa shape index (κ3) is 4.54. The van der Waals surface area contributed by atoms with Crippen LogP contribution in [0.3, 0.4) is 0 Å². The Morgan fingerprint density at radius 2 is 2.14 bits per heavy atom. The molecule has 0 saturated carbocycles. The van der Waals surface area contributed by atoms with Crippen molar-refractivity contribution in [2.45, 2.75) is 13.5 Å². The van der Waals surface area contributed by atoms with Gasteiger partial charge in [0.25, 0.3) is 0 Å². The van der Waals surface area contributed by atoms with Crippen molar-refractivity contribution >= 4 is 44.8 Å². The SMILES string of the molecule is Cc1cc(Br)ccc1NC(=O)CNC(=O)Cn1ccsc1=N. The smallest absolute Gasteiger partial charge is 0.243 e. The molecule has 22 heavy (non-hydrogen) atoms. The molecule has 0 atom stereocenters. The highest BCUT2D eigenvalue weighted by molar-refractivity contribution is 9.10. The summed E-state index contributed by atoms with van der Waals surface area (Å²) >= 11 is 4.60. The first-order valence-electron chi connectivity index (χ1n) is 6.47. The molecule has 0 aliphatic rings. The van der Waals surface area contributed by atoms with E-state index in [0.29, 0.717) is 10.5 Å². The second-order valence-corrected chi connectivity index (χ2v) is 6.43. The minimum atomic E-state index is -0.306. The summed E-state index contributed by atoms with van der Waals surface area (Å²) in [6.45, 7) is 1.82. The van der Waals surface area contributed by atoms with Crippen molar-refractivity contribution in [3.63, 3.8) is 0 Å². The molecular weight excluding hydrogens is 368 g/mol. The first-order valence-corrected chi connectivity index (χ1v) is 8.14. The van der Waals surface area contributed by atoms with Crippen LogP contribution >= 0.6 is 27.3 Å². The molecule has 1 aromatic carbocycles. The topological polar surface area (TPSA) is 87.0 Å². The molecule has 0 spiro atoms. The second kappa shape index (κ2) is 7.37. The number of hydrogen-bond donors (Lipinski definition) is 3. The lowest BCUT2D eigenvalue weighted by Crippen LogP contribution is -2.36. The Bertz CT molecular complexity index is 753. The number of carbonyl (C=O) groups is 2. The second-order valence-electron chi connectivity index (χ2n) is 4.62. The third-order valence-corrected chi connectivity index (χ3v) is 4.11. The predicted octanol–water partition coefficient (Wildman–Crippen LogP) is 1.85. The Labute approximate surface area is 139 Å². The number of halogens is 1. The molecule has 1 aromatic heterocycles. The average Bonchev–Trinajstić information content (AvgIpc) is 2.85. The first kappa shape index (κ1) is 16.4. The van der Waals surface area contributed by atoms with Gasteiger partial charge >= 0.3 is 0 Å². The Hall–Kier alpha value is -1.93. The van der Waals surface area contributed by atoms with Crippen LogP contribution in [0.25, 0.3) is 0 Å². The normalized spacial score (nSPS) is 10.3. The van der Waals surface area contributed by atoms with Gasteiger partial charge in [0.15, 0.2) is 4.80 Å². The van der Waals surface area contributed by atoms with Gasteiger partial charge in [-0.1, -0.05) is 15.9 Å². The highest BCUT2D eigenvalue weighted by Crippen LogP contribution is 2.19. The van der Waals surface area contributed by atoms with Crippen LogP contribution in [0, 0.1) is 12.3 Å². The monoisotopic (exact) mass is 382 g/mol. The maximum absolute atomic E-state index is 11.8. The lowest BCUT2D eigenvalue weighted by molar-refractivity contribution is -0.124. The molecule has 0 unspecified atom stereocenters. The number of anilines is 1. The molecule has 0 fully saturated rings. The molecule has 3 N–H and O–H groups in total. The fourth-order valence-electron chi connectivity index (χ4n) is 1.78. The van der Waals surface area contributed by atoms with E-state index in [9.17, 15) is 9.59 Å². The summed E-state index contributed by atoms with van der Waals surface area (Å²) in [6, 6.07) is 5.54. The number of rotatable bonds is 5. The first-order chi connectivity index (χ1) is 10.5. The van der Waals surface area contributed by atoms with E-state index in [1.807, 2.05) is 19.1 Å². The minimum absolute atomic E-state index is 0.0346. The van der Waals surface area contributed by atoms with Crippen molar-refractivity contribution < 1.29 is 9.59 Å². The zero-order chi connectivity index (χ0) is 16.1. The Morgan fingerprint density at radius 1 is 1.36 bits per heavy atom. The largest absolute Gasteiger partial charge is 0.345 e. The van der Waals surface area contributed by atoms with E-state index < -0.39 is 0 Å². The molecule has 0 aliphatic heterocycles. The predicted molar refractivity (Wildman–Crippen MR) is 88.7 cm³/mol. The van der Waals surface area contributed by atoms with Gasteiger partial charge in [0.2, 0.25) is 11.8 Å². The van der Waals surface area contributed by atoms with Crippen molar-refractivity contribution in [1.82, 2.24) is 9.88 Å². The number of amides is 2. The van der Waals surface area contributed by atoms with Crippen LogP contribution in [-0.4, -0.2) is 22.9 Å². The van der Waals surface area contributed by atoms with Gasteiger partial charge < -0.3 is 15.2 Å². The van der Waals surface area contributed by atoms with Crippen LogP contribution in [0.15, 0.2) is 34.2 Å². The van der Waals surface area contributed by atoms with Crippen LogP contribution in [0.1, 0.15) is 5.56 Å². The fourth-order valence-corrected chi connectivity index (χ4v) is 2.85. The highest BCUT2D eigenvalue weighted by Gasteiger charge is 2.08. The number of benzene rings is 1. The number of thiazole rings is 1. The van der Waals surface area contributed by atoms with Gasteiger partial charge in [-0.25, -0.2) is 0 Å². The summed E-state index contributed by atoms with van der Waals surface area (Å²) in [4.78, 5) is 23.9. The number of aryl methyl sites for hydroxylation is 1. The van der Waals surface area contributed by atoms with Crippen molar-refractivity contribution in [3.8, 4) is 0 Å². The van der Waals surface area contributed by atoms with Crippen LogP contribution in [0.4, 0.5) is 5.69 Å². The molecule has 0 bridgehead atoms. The van der Waals surface area contributed by atoms with E-state index in [2.05, 4.69) is 26.6 Å². The summed E-state index contributed by atoms with van der Waals surface area (Å²) in [5.74, 6) is -0.597. The molecule has 1 heterocycles. The number of nitrogens with zero attached hydrogens (tertiary/aromatic N) is 1. The number of nitrogens with one attached hydrogen (secondary N) is 3. The standard InChI is InChI=1S/C14H15BrN4O2S/c1-9-6-10(15)2-3-11(9)18-12(20)7-17-13(21)8-19-4-5-22-14(19)16/h2-6,16H,7-8H2,1H3,(H,17,21)(H,18,20). The molecule has 0 aliphatic carbocycles. The fraction of sp³-hybridized carbons (Fsp3) is 0.214. The zero-order valence-corrected chi connectivity index (χ0v) is 14.3. The maximum Gasteiger partial charge on any atom is 0.243 e. The van der Waals surface area contributed by atoms with Crippen molar-refractivity contribution in [1.29, 1.82) is 5.41 Å². The molecule has 116 valence electrons. The van der Waals surface area contributed by atoms with Gasteiger partial charge in [-0.3, -0.25) is 15.0 Å². The van der Waals surface area contributed by atoms with Crippen molar-refractivity contribution in [2.75, 3.05) is 11.9 Å². The summed E-state index contributed by atoms with van der Waals surface area (Å²) in [5, 5.41) is 14.6. The van der Waals surface area contributed by atoms with Gasteiger partial charge in [0.05, 0.1) is 6.54 Å².